The first-order valence-electron chi connectivity index (χ1n) is 20.9. The molecule has 14 unspecified atom stereocenters. The molecule has 8 rings (SSSR count). The summed E-state index contributed by atoms with van der Waals surface area (Å²) in [6.45, 7) is 8.11. The third-order valence-electron chi connectivity index (χ3n) is 13.3. The molecule has 17 heteroatoms. The van der Waals surface area contributed by atoms with Crippen LogP contribution in [0.2, 0.25) is 0 Å². The number of benzene rings is 1. The van der Waals surface area contributed by atoms with Gasteiger partial charge in [-0.1, -0.05) is 12.1 Å². The second kappa shape index (κ2) is 16.0. The molecular weight excluding hydrogens is 788 g/mol. The van der Waals surface area contributed by atoms with E-state index in [9.17, 15) is 50.1 Å². The van der Waals surface area contributed by atoms with Crippen LogP contribution < -0.4 is 0 Å². The Hall–Kier alpha value is -3.01. The van der Waals surface area contributed by atoms with Gasteiger partial charge in [0.1, 0.15) is 23.6 Å². The van der Waals surface area contributed by atoms with Crippen LogP contribution >= 0.6 is 0 Å². The lowest BCUT2D eigenvalue weighted by Gasteiger charge is -2.55. The molecule has 0 spiro atoms. The molecule has 4 heterocycles. The molecule has 330 valence electrons. The van der Waals surface area contributed by atoms with Crippen LogP contribution in [0.3, 0.4) is 0 Å². The highest BCUT2D eigenvalue weighted by Gasteiger charge is 2.69. The number of aliphatic hydroxyl groups excluding tert-OH is 4. The van der Waals surface area contributed by atoms with Crippen molar-refractivity contribution in [2.45, 2.75) is 189 Å². The highest BCUT2D eigenvalue weighted by molar-refractivity contribution is 6.32. The number of aromatic hydroxyl groups is 1. The van der Waals surface area contributed by atoms with Crippen molar-refractivity contribution >= 4 is 17.3 Å². The topological polar surface area (TPSA) is 257 Å². The van der Waals surface area contributed by atoms with Gasteiger partial charge in [-0.2, -0.15) is 0 Å². The van der Waals surface area contributed by atoms with E-state index in [1.165, 1.54) is 31.2 Å². The van der Waals surface area contributed by atoms with Crippen molar-refractivity contribution in [3.8, 4) is 5.75 Å². The predicted molar refractivity (Wildman–Crippen MR) is 204 cm³/mol. The Labute approximate surface area is 346 Å². The fourth-order valence-electron chi connectivity index (χ4n) is 10.1. The summed E-state index contributed by atoms with van der Waals surface area (Å²) in [5.41, 5.74) is -7.56. The lowest BCUT2D eigenvalue weighted by molar-refractivity contribution is -0.306. The second-order valence-electron chi connectivity index (χ2n) is 17.9. The SMILES string of the molecule is CC1OC(O[C@]23C(=O)C[C@](C)(O)C[C@@]2(O)C=CC2=C3C(=O)c3ccc(C4CC(OC5CCC(OC6CC(O)C(O)C(C)O6)C(C)O5)C(O)C(C)O4)c(O)c3C2=O)CCC1O. The van der Waals surface area contributed by atoms with Gasteiger partial charge in [0.15, 0.2) is 41.8 Å². The van der Waals surface area contributed by atoms with E-state index in [0.717, 1.165) is 0 Å². The molecule has 60 heavy (non-hydrogen) atoms. The Kier molecular flexibility index (Phi) is 11.6. The summed E-state index contributed by atoms with van der Waals surface area (Å²) in [5.74, 6) is -3.03. The average molecular weight is 845 g/mol. The Morgan fingerprint density at radius 2 is 1.38 bits per heavy atom. The molecule has 1 aromatic carbocycles. The van der Waals surface area contributed by atoms with E-state index in [4.69, 9.17) is 33.2 Å². The summed E-state index contributed by atoms with van der Waals surface area (Å²) in [6.07, 6.45) is -8.39. The van der Waals surface area contributed by atoms with Crippen LogP contribution in [0, 0.1) is 0 Å². The molecule has 17 atom stereocenters. The first-order chi connectivity index (χ1) is 28.2. The third kappa shape index (κ3) is 7.42. The summed E-state index contributed by atoms with van der Waals surface area (Å²) in [6, 6.07) is 2.78. The summed E-state index contributed by atoms with van der Waals surface area (Å²) in [7, 11) is 0. The maximum Gasteiger partial charge on any atom is 0.198 e. The van der Waals surface area contributed by atoms with Crippen molar-refractivity contribution in [3.05, 3.63) is 52.1 Å². The number of ether oxygens (including phenoxy) is 7. The van der Waals surface area contributed by atoms with Gasteiger partial charge < -0.3 is 68.9 Å². The summed E-state index contributed by atoms with van der Waals surface area (Å²) in [4.78, 5) is 43.5. The van der Waals surface area contributed by atoms with Crippen LogP contribution in [0.25, 0.3) is 0 Å². The molecule has 7 N–H and O–H groups in total. The normalized spacial score (nSPS) is 45.9. The number of allylic oxidation sites excluding steroid dienone is 2. The van der Waals surface area contributed by atoms with Gasteiger partial charge in [0.2, 0.25) is 0 Å². The number of aliphatic hydroxyl groups is 6. The van der Waals surface area contributed by atoms with Crippen LogP contribution in [0.1, 0.15) is 118 Å². The van der Waals surface area contributed by atoms with E-state index in [2.05, 4.69) is 0 Å². The number of phenolic OH excluding ortho intramolecular Hbond substituents is 1. The van der Waals surface area contributed by atoms with Gasteiger partial charge in [0, 0.05) is 55.2 Å². The summed E-state index contributed by atoms with van der Waals surface area (Å²) < 4.78 is 42.7. The van der Waals surface area contributed by atoms with Crippen LogP contribution in [0.5, 0.6) is 5.75 Å². The molecule has 17 nitrogen and oxygen atoms in total. The van der Waals surface area contributed by atoms with E-state index in [0.29, 0.717) is 12.8 Å². The smallest absolute Gasteiger partial charge is 0.198 e. The van der Waals surface area contributed by atoms with E-state index in [-0.39, 0.29) is 47.9 Å². The maximum atomic E-state index is 14.7. The maximum absolute atomic E-state index is 14.7. The molecule has 0 amide bonds. The number of ketones is 3. The monoisotopic (exact) mass is 844 g/mol. The largest absolute Gasteiger partial charge is 0.507 e. The fourth-order valence-corrected chi connectivity index (χ4v) is 10.1. The molecule has 0 aromatic heterocycles. The molecule has 5 fully saturated rings. The first-order valence-corrected chi connectivity index (χ1v) is 20.9. The number of phenols is 1. The van der Waals surface area contributed by atoms with Gasteiger partial charge in [-0.3, -0.25) is 14.4 Å². The Balaban J connectivity index is 1.03. The van der Waals surface area contributed by atoms with Crippen molar-refractivity contribution in [3.63, 3.8) is 0 Å². The number of rotatable bonds is 7. The van der Waals surface area contributed by atoms with Crippen LogP contribution in [-0.2, 0) is 38.0 Å². The summed E-state index contributed by atoms with van der Waals surface area (Å²) in [5, 5.41) is 76.8. The van der Waals surface area contributed by atoms with E-state index < -0.39 is 144 Å². The van der Waals surface area contributed by atoms with Crippen molar-refractivity contribution in [2.75, 3.05) is 0 Å². The third-order valence-corrected chi connectivity index (χ3v) is 13.3. The molecule has 7 aliphatic rings. The minimum absolute atomic E-state index is 0.0307. The van der Waals surface area contributed by atoms with Crippen LogP contribution in [0.4, 0.5) is 0 Å². The molecule has 0 bridgehead atoms. The van der Waals surface area contributed by atoms with Crippen LogP contribution in [0.15, 0.2) is 35.4 Å². The predicted octanol–water partition coefficient (Wildman–Crippen LogP) is 1.49. The van der Waals surface area contributed by atoms with Gasteiger partial charge in [0.05, 0.1) is 71.7 Å². The summed E-state index contributed by atoms with van der Waals surface area (Å²) >= 11 is 0. The number of hydrogen-bond acceptors (Lipinski definition) is 17. The Morgan fingerprint density at radius 3 is 2.08 bits per heavy atom. The first kappa shape index (κ1) is 43.6. The quantitative estimate of drug-likeness (QED) is 0.205. The highest BCUT2D eigenvalue weighted by Crippen LogP contribution is 2.55. The second-order valence-corrected chi connectivity index (χ2v) is 17.9. The standard InChI is InChI=1S/C43H56O17/c1-18-25(44)8-10-32(55-18)60-43-30(46)16-41(5,52)17-42(43,53)13-12-24-35(43)40(51)23-7-6-22(38(49)34(23)39(24)50)28-15-29(37(48)21(4)54-28)59-31-11-9-27(19(2)56-31)58-33-14-26(45)36(47)20(3)57-33/h6-7,12-13,18-21,25-29,31-33,36-37,44-45,47-49,52-53H,8-11,14-17H2,1-5H3/t18?,19?,20?,21?,25?,26?,27?,28?,29?,31?,32?,33?,36?,37?,41-,42-,43-/m0/s1. The molecule has 1 saturated carbocycles. The molecule has 4 saturated heterocycles. The lowest BCUT2D eigenvalue weighted by Crippen LogP contribution is -2.71. The van der Waals surface area contributed by atoms with Gasteiger partial charge in [-0.05, 0) is 59.6 Å². The zero-order valence-corrected chi connectivity index (χ0v) is 34.3. The minimum Gasteiger partial charge on any atom is -0.507 e. The molecular formula is C43H56O17. The van der Waals surface area contributed by atoms with E-state index in [1.807, 2.05) is 6.92 Å². The average Bonchev–Trinajstić information content (AvgIpc) is 3.17. The number of carbonyl (C=O) groups excluding carboxylic acids is 3. The highest BCUT2D eigenvalue weighted by atomic mass is 16.7. The Morgan fingerprint density at radius 1 is 0.717 bits per heavy atom. The van der Waals surface area contributed by atoms with E-state index >= 15 is 0 Å². The number of Topliss-reactive ketones (excluding diaryl/α,β-unsaturated/α-hetero) is 3. The van der Waals surface area contributed by atoms with Gasteiger partial charge in [0.25, 0.3) is 0 Å². The van der Waals surface area contributed by atoms with E-state index in [1.54, 1.807) is 20.8 Å². The molecule has 0 radical (unpaired) electrons. The van der Waals surface area contributed by atoms with Crippen molar-refractivity contribution in [1.29, 1.82) is 0 Å². The van der Waals surface area contributed by atoms with Gasteiger partial charge in [-0.15, -0.1) is 0 Å². The number of hydrogen-bond donors (Lipinski definition) is 7. The van der Waals surface area contributed by atoms with Crippen molar-refractivity contribution < 1.29 is 83.3 Å². The number of carbonyl (C=O) groups is 3. The fraction of sp³-hybridized carbons (Fsp3) is 0.698. The van der Waals surface area contributed by atoms with Gasteiger partial charge >= 0.3 is 0 Å². The number of fused-ring (bicyclic) bond motifs is 3. The zero-order chi connectivity index (χ0) is 43.2. The van der Waals surface area contributed by atoms with Crippen LogP contribution in [-0.4, -0.2) is 150 Å². The molecule has 1 aromatic rings. The lowest BCUT2D eigenvalue weighted by atomic mass is 9.57. The van der Waals surface area contributed by atoms with Crippen molar-refractivity contribution in [1.82, 2.24) is 0 Å². The van der Waals surface area contributed by atoms with Gasteiger partial charge in [-0.25, -0.2) is 0 Å². The molecule has 3 aliphatic carbocycles. The van der Waals surface area contributed by atoms with Crippen molar-refractivity contribution in [2.24, 2.45) is 0 Å². The minimum atomic E-state index is -2.47. The molecule has 4 aliphatic heterocycles. The Bertz CT molecular complexity index is 1930. The zero-order valence-electron chi connectivity index (χ0n) is 34.3.